The minimum atomic E-state index is -4.00. The van der Waals surface area contributed by atoms with Crippen LogP contribution in [0.2, 0.25) is 0 Å². The molecule has 21 heavy (non-hydrogen) atoms. The number of alkyl halides is 4. The summed E-state index contributed by atoms with van der Waals surface area (Å²) >= 11 is 0. The molecule has 0 bridgehead atoms. The van der Waals surface area contributed by atoms with Crippen molar-refractivity contribution in [2.75, 3.05) is 7.18 Å². The molecule has 0 aromatic heterocycles. The molecule has 0 saturated heterocycles. The van der Waals surface area contributed by atoms with Crippen molar-refractivity contribution in [3.05, 3.63) is 0 Å². The van der Waals surface area contributed by atoms with Crippen LogP contribution in [0.25, 0.3) is 0 Å². The molecule has 0 aliphatic heterocycles. The third kappa shape index (κ3) is 137. The van der Waals surface area contributed by atoms with Crippen LogP contribution in [0.5, 0.6) is 0 Å². The summed E-state index contributed by atoms with van der Waals surface area (Å²) in [6, 6.07) is 0. The van der Waals surface area contributed by atoms with E-state index in [0.717, 1.165) is 23.7 Å². The largest absolute Gasteiger partial charge is 0.386 e. The molecule has 0 aromatic carbocycles. The van der Waals surface area contributed by atoms with E-state index in [1.54, 1.807) is 0 Å². The van der Waals surface area contributed by atoms with Crippen LogP contribution >= 0.6 is 0 Å². The Kier molecular flexibility index (Phi) is 24.4. The fourth-order valence-corrected chi connectivity index (χ4v) is 0.763. The first-order chi connectivity index (χ1) is 9.27. The first kappa shape index (κ1) is 28.8. The molecule has 1 fully saturated rings. The maximum absolute atomic E-state index is 10.4. The van der Waals surface area contributed by atoms with E-state index < -0.39 is 6.18 Å². The van der Waals surface area contributed by atoms with Crippen LogP contribution in [0.15, 0.2) is 0 Å². The standard InChI is InChI=1S/C6H12.2C4H10.C2H3F3.CH3F/c1-5(2)6-3-4-6;2*1-4(2)3;1-2(3,4)5;1-2/h5-6H,3-4H2,1-2H3;2*4H,1-3H3;1H3;1H3. The van der Waals surface area contributed by atoms with E-state index in [-0.39, 0.29) is 6.92 Å². The van der Waals surface area contributed by atoms with Gasteiger partial charge in [0.05, 0.1) is 7.18 Å². The van der Waals surface area contributed by atoms with Gasteiger partial charge in [-0.1, -0.05) is 55.4 Å². The topological polar surface area (TPSA) is 0 Å². The molecule has 1 saturated carbocycles. The molecule has 0 amide bonds. The number of hydrogen-bond acceptors (Lipinski definition) is 0. The fourth-order valence-electron chi connectivity index (χ4n) is 0.763. The van der Waals surface area contributed by atoms with Gasteiger partial charge in [0.2, 0.25) is 0 Å². The van der Waals surface area contributed by atoms with Gasteiger partial charge in [0.25, 0.3) is 0 Å². The lowest BCUT2D eigenvalue weighted by molar-refractivity contribution is -0.110. The van der Waals surface area contributed by atoms with Gasteiger partial charge >= 0.3 is 6.18 Å². The fraction of sp³-hybridized carbons (Fsp3) is 1.00. The highest BCUT2D eigenvalue weighted by atomic mass is 19.4. The Morgan fingerprint density at radius 1 is 0.714 bits per heavy atom. The van der Waals surface area contributed by atoms with Crippen LogP contribution in [0, 0.1) is 23.7 Å². The highest BCUT2D eigenvalue weighted by Gasteiger charge is 2.23. The third-order valence-corrected chi connectivity index (χ3v) is 1.56. The van der Waals surface area contributed by atoms with Crippen molar-refractivity contribution >= 4 is 0 Å². The minimum Gasteiger partial charge on any atom is -0.255 e. The lowest BCUT2D eigenvalue weighted by Gasteiger charge is -1.94. The van der Waals surface area contributed by atoms with Gasteiger partial charge in [-0.2, -0.15) is 13.2 Å². The van der Waals surface area contributed by atoms with Crippen molar-refractivity contribution in [2.24, 2.45) is 23.7 Å². The Hall–Kier alpha value is -0.280. The molecular formula is C17H38F4. The zero-order chi connectivity index (χ0) is 18.2. The van der Waals surface area contributed by atoms with Gasteiger partial charge in [0.15, 0.2) is 0 Å². The monoisotopic (exact) mass is 318 g/mol. The second kappa shape index (κ2) is 17.8. The molecule has 1 aliphatic rings. The van der Waals surface area contributed by atoms with E-state index in [1.807, 2.05) is 0 Å². The summed E-state index contributed by atoms with van der Waals surface area (Å²) in [6.45, 7) is 17.8. The first-order valence-electron chi connectivity index (χ1n) is 7.71. The molecule has 1 rings (SSSR count). The predicted octanol–water partition coefficient (Wildman–Crippen LogP) is 7.53. The molecule has 0 spiro atoms. The number of rotatable bonds is 1. The van der Waals surface area contributed by atoms with Crippen LogP contribution in [-0.2, 0) is 0 Å². The summed E-state index contributed by atoms with van der Waals surface area (Å²) in [7, 11) is 0.500. The van der Waals surface area contributed by atoms with Crippen LogP contribution < -0.4 is 0 Å². The average Bonchev–Trinajstić information content (AvgIpc) is 2.98. The third-order valence-electron chi connectivity index (χ3n) is 1.56. The minimum absolute atomic E-state index is 0.188. The molecular weight excluding hydrogens is 280 g/mol. The summed E-state index contributed by atoms with van der Waals surface area (Å²) in [5.74, 6) is 3.73. The molecule has 0 heterocycles. The van der Waals surface area contributed by atoms with E-state index in [4.69, 9.17) is 0 Å². The van der Waals surface area contributed by atoms with Crippen LogP contribution in [0.3, 0.4) is 0 Å². The molecule has 134 valence electrons. The van der Waals surface area contributed by atoms with Crippen molar-refractivity contribution in [1.29, 1.82) is 0 Å². The Balaban J connectivity index is -0.0000000897. The van der Waals surface area contributed by atoms with E-state index >= 15 is 0 Å². The van der Waals surface area contributed by atoms with E-state index in [0.29, 0.717) is 7.18 Å². The number of hydrogen-bond donors (Lipinski definition) is 0. The van der Waals surface area contributed by atoms with E-state index in [9.17, 15) is 17.6 Å². The van der Waals surface area contributed by atoms with Crippen LogP contribution in [0.4, 0.5) is 17.6 Å². The van der Waals surface area contributed by atoms with Crippen molar-refractivity contribution in [1.82, 2.24) is 0 Å². The van der Waals surface area contributed by atoms with Gasteiger partial charge in [0.1, 0.15) is 0 Å². The molecule has 4 heteroatoms. The molecule has 0 aromatic rings. The predicted molar refractivity (Wildman–Crippen MR) is 87.3 cm³/mol. The second-order valence-corrected chi connectivity index (χ2v) is 6.83. The van der Waals surface area contributed by atoms with Crippen LogP contribution in [0.1, 0.15) is 75.2 Å². The maximum Gasteiger partial charge on any atom is 0.386 e. The van der Waals surface area contributed by atoms with Gasteiger partial charge in [0, 0.05) is 6.92 Å². The molecule has 0 unspecified atom stereocenters. The summed E-state index contributed by atoms with van der Waals surface area (Å²) in [6.07, 6.45) is -1.00. The molecule has 0 radical (unpaired) electrons. The van der Waals surface area contributed by atoms with Gasteiger partial charge in [-0.15, -0.1) is 0 Å². The normalized spacial score (nSPS) is 13.0. The van der Waals surface area contributed by atoms with Gasteiger partial charge < -0.3 is 0 Å². The van der Waals surface area contributed by atoms with E-state index in [2.05, 4.69) is 55.4 Å². The lowest BCUT2D eigenvalue weighted by atomic mass is 10.1. The first-order valence-corrected chi connectivity index (χ1v) is 7.71. The summed E-state index contributed by atoms with van der Waals surface area (Å²) in [5, 5.41) is 0. The SMILES string of the molecule is CC(C)C.CC(C)C.CC(C)C1CC1.CC(F)(F)F.CF. The molecule has 1 aliphatic carbocycles. The Morgan fingerprint density at radius 3 is 0.857 bits per heavy atom. The Bertz CT molecular complexity index is 151. The van der Waals surface area contributed by atoms with Crippen molar-refractivity contribution in [3.8, 4) is 0 Å². The Morgan fingerprint density at radius 2 is 0.857 bits per heavy atom. The van der Waals surface area contributed by atoms with Crippen molar-refractivity contribution < 1.29 is 17.6 Å². The van der Waals surface area contributed by atoms with E-state index in [1.165, 1.54) is 12.8 Å². The maximum atomic E-state index is 10.4. The second-order valence-electron chi connectivity index (χ2n) is 6.83. The smallest absolute Gasteiger partial charge is 0.255 e. The zero-order valence-corrected chi connectivity index (χ0v) is 15.7. The summed E-state index contributed by atoms with van der Waals surface area (Å²) < 4.78 is 40.6. The van der Waals surface area contributed by atoms with Gasteiger partial charge in [-0.25, -0.2) is 0 Å². The highest BCUT2D eigenvalue weighted by Crippen LogP contribution is 2.35. The molecule has 0 N–H and O–H groups in total. The highest BCUT2D eigenvalue weighted by molar-refractivity contribution is 4.75. The summed E-state index contributed by atoms with van der Waals surface area (Å²) in [5.41, 5.74) is 0. The molecule has 0 nitrogen and oxygen atoms in total. The average molecular weight is 318 g/mol. The quantitative estimate of drug-likeness (QED) is 0.438. The lowest BCUT2D eigenvalue weighted by Crippen LogP contribution is -1.95. The molecule has 0 atom stereocenters. The van der Waals surface area contributed by atoms with Gasteiger partial charge in [-0.05, 0) is 36.5 Å². The van der Waals surface area contributed by atoms with Gasteiger partial charge in [-0.3, -0.25) is 4.39 Å². The van der Waals surface area contributed by atoms with Crippen molar-refractivity contribution in [3.63, 3.8) is 0 Å². The van der Waals surface area contributed by atoms with Crippen LogP contribution in [-0.4, -0.2) is 13.4 Å². The Labute approximate surface area is 130 Å². The summed E-state index contributed by atoms with van der Waals surface area (Å²) in [4.78, 5) is 0. The van der Waals surface area contributed by atoms with Crippen molar-refractivity contribution in [2.45, 2.75) is 81.3 Å². The number of halogens is 4. The zero-order valence-electron chi connectivity index (χ0n) is 15.7.